The molecule has 0 heterocycles. The number of hydrogen-bond acceptors (Lipinski definition) is 4. The van der Waals surface area contributed by atoms with E-state index < -0.39 is 33.8 Å². The summed E-state index contributed by atoms with van der Waals surface area (Å²) in [6, 6.07) is 0.770. The van der Waals surface area contributed by atoms with Gasteiger partial charge < -0.3 is 17.7 Å². The summed E-state index contributed by atoms with van der Waals surface area (Å²) >= 11 is 0. The zero-order valence-corrected chi connectivity index (χ0v) is 23.0. The van der Waals surface area contributed by atoms with Crippen molar-refractivity contribution in [1.82, 2.24) is 5.32 Å². The van der Waals surface area contributed by atoms with E-state index in [1.165, 1.54) is 0 Å². The third-order valence-corrected chi connectivity index (χ3v) is 15.5. The van der Waals surface area contributed by atoms with Crippen molar-refractivity contribution in [1.29, 1.82) is 0 Å². The lowest BCUT2D eigenvalue weighted by Crippen LogP contribution is -2.60. The van der Waals surface area contributed by atoms with Crippen LogP contribution in [0.15, 0.2) is 0 Å². The molecule has 0 fully saturated rings. The molecule has 0 aromatic carbocycles. The zero-order chi connectivity index (χ0) is 20.8. The normalized spacial score (nSPS) is 15.0. The Kier molecular flexibility index (Phi) is 10.2. The van der Waals surface area contributed by atoms with E-state index in [0.29, 0.717) is 6.54 Å². The summed E-state index contributed by atoms with van der Waals surface area (Å²) in [6.45, 7) is 24.4. The van der Waals surface area contributed by atoms with Crippen molar-refractivity contribution >= 4 is 39.7 Å². The first-order valence-electron chi connectivity index (χ1n) is 9.87. The molecule has 0 saturated heterocycles. The van der Waals surface area contributed by atoms with Gasteiger partial charge in [-0.2, -0.15) is 0 Å². The minimum Gasteiger partial charge on any atom is -0.417 e. The predicted molar refractivity (Wildman–Crippen MR) is 121 cm³/mol. The van der Waals surface area contributed by atoms with Crippen molar-refractivity contribution in [2.45, 2.75) is 91.7 Å². The van der Waals surface area contributed by atoms with Gasteiger partial charge in [0, 0.05) is 18.5 Å². The van der Waals surface area contributed by atoms with Crippen LogP contribution in [0.2, 0.25) is 65.0 Å². The highest BCUT2D eigenvalue weighted by Gasteiger charge is 2.49. The fourth-order valence-electron chi connectivity index (χ4n) is 2.49. The molecule has 1 amide bonds. The van der Waals surface area contributed by atoms with Crippen LogP contribution in [0.5, 0.6) is 0 Å². The number of carbonyl (C=O) groups excluding carboxylic acids is 1. The average molecular weight is 438 g/mol. The van der Waals surface area contributed by atoms with Gasteiger partial charge >= 0.3 is 8.80 Å². The van der Waals surface area contributed by atoms with Gasteiger partial charge in [0.1, 0.15) is 0 Å². The lowest BCUT2D eigenvalue weighted by Gasteiger charge is -2.43. The van der Waals surface area contributed by atoms with Gasteiger partial charge in [-0.05, 0) is 71.8 Å². The molecule has 0 bridgehead atoms. The molecule has 0 radical (unpaired) electrons. The minimum atomic E-state index is -2.78. The molecule has 1 N–H and O–H groups in total. The van der Waals surface area contributed by atoms with Crippen LogP contribution in [-0.4, -0.2) is 46.2 Å². The summed E-state index contributed by atoms with van der Waals surface area (Å²) in [7, 11) is -8.26. The minimum absolute atomic E-state index is 0.0618. The van der Waals surface area contributed by atoms with Crippen molar-refractivity contribution in [3.63, 3.8) is 0 Å². The fourth-order valence-corrected chi connectivity index (χ4v) is 17.1. The monoisotopic (exact) mass is 437 g/mol. The molecule has 26 heavy (non-hydrogen) atoms. The molecule has 9 heteroatoms. The molecule has 5 nitrogen and oxygen atoms in total. The summed E-state index contributed by atoms with van der Waals surface area (Å²) in [5.74, 6) is 0.190. The van der Waals surface area contributed by atoms with Crippen molar-refractivity contribution < 1.29 is 17.1 Å². The standard InChI is InChI=1S/C17H43NO4Si4/c1-12-16(2)17(19)18-14-13-15-26(20-23(3,4)5,21-24(6,7)8)22-25(9,10)11/h16H,12-15H2,1-11H3,(H,18,19). The highest BCUT2D eigenvalue weighted by Crippen LogP contribution is 2.29. The third-order valence-electron chi connectivity index (χ3n) is 3.40. The second-order valence-electron chi connectivity index (χ2n) is 10.0. The van der Waals surface area contributed by atoms with Gasteiger partial charge in [-0.15, -0.1) is 0 Å². The van der Waals surface area contributed by atoms with Crippen LogP contribution in [0.3, 0.4) is 0 Å². The Labute approximate surface area is 166 Å². The zero-order valence-electron chi connectivity index (χ0n) is 19.0. The van der Waals surface area contributed by atoms with Gasteiger partial charge in [-0.1, -0.05) is 13.8 Å². The summed E-state index contributed by atoms with van der Waals surface area (Å²) in [4.78, 5) is 12.0. The van der Waals surface area contributed by atoms with E-state index in [-0.39, 0.29) is 11.8 Å². The second kappa shape index (κ2) is 10.1. The average Bonchev–Trinajstić information content (AvgIpc) is 2.36. The number of rotatable bonds is 12. The Bertz CT molecular complexity index is 401. The molecule has 1 unspecified atom stereocenters. The Morgan fingerprint density at radius 3 is 1.54 bits per heavy atom. The van der Waals surface area contributed by atoms with E-state index in [9.17, 15) is 4.79 Å². The Balaban J connectivity index is 5.23. The van der Waals surface area contributed by atoms with Crippen LogP contribution in [0.1, 0.15) is 26.7 Å². The Morgan fingerprint density at radius 2 is 1.23 bits per heavy atom. The van der Waals surface area contributed by atoms with Crippen molar-refractivity contribution in [2.75, 3.05) is 6.54 Å². The van der Waals surface area contributed by atoms with Gasteiger partial charge in [0.15, 0.2) is 25.0 Å². The van der Waals surface area contributed by atoms with E-state index in [1.54, 1.807) is 0 Å². The molecule has 156 valence electrons. The smallest absolute Gasteiger partial charge is 0.417 e. The molecular formula is C17H43NO4Si4. The summed E-state index contributed by atoms with van der Waals surface area (Å²) < 4.78 is 19.9. The number of hydrogen-bond donors (Lipinski definition) is 1. The summed E-state index contributed by atoms with van der Waals surface area (Å²) in [5, 5.41) is 3.05. The van der Waals surface area contributed by atoms with Gasteiger partial charge in [0.25, 0.3) is 0 Å². The molecule has 0 aliphatic rings. The van der Waals surface area contributed by atoms with E-state index in [0.717, 1.165) is 18.9 Å². The van der Waals surface area contributed by atoms with Gasteiger partial charge in [0.2, 0.25) is 5.91 Å². The number of carbonyl (C=O) groups is 1. The first-order chi connectivity index (χ1) is 11.5. The van der Waals surface area contributed by atoms with Crippen LogP contribution >= 0.6 is 0 Å². The van der Waals surface area contributed by atoms with Crippen LogP contribution in [0.25, 0.3) is 0 Å². The highest BCUT2D eigenvalue weighted by atomic mass is 28.5. The summed E-state index contributed by atoms with van der Waals surface area (Å²) in [5.41, 5.74) is 0. The van der Waals surface area contributed by atoms with Crippen molar-refractivity contribution in [3.05, 3.63) is 0 Å². The first-order valence-corrected chi connectivity index (χ1v) is 22.0. The summed E-state index contributed by atoms with van der Waals surface area (Å²) in [6.07, 6.45) is 1.69. The number of nitrogens with one attached hydrogen (secondary N) is 1. The van der Waals surface area contributed by atoms with Gasteiger partial charge in [-0.25, -0.2) is 0 Å². The Hall–Kier alpha value is 0.218. The van der Waals surface area contributed by atoms with Crippen LogP contribution < -0.4 is 5.32 Å². The molecule has 0 aromatic rings. The molecule has 0 aromatic heterocycles. The number of amides is 1. The molecule has 0 saturated carbocycles. The molecule has 1 atom stereocenters. The van der Waals surface area contributed by atoms with Crippen molar-refractivity contribution in [3.8, 4) is 0 Å². The SMILES string of the molecule is CCC(C)C(=O)NCCC[Si](O[Si](C)(C)C)(O[Si](C)(C)C)O[Si](C)(C)C. The second-order valence-corrected chi connectivity index (χ2v) is 27.0. The van der Waals surface area contributed by atoms with Crippen LogP contribution in [0.4, 0.5) is 0 Å². The molecule has 0 rings (SSSR count). The maximum absolute atomic E-state index is 12.0. The molecule has 0 spiro atoms. The quantitative estimate of drug-likeness (QED) is 0.343. The van der Waals surface area contributed by atoms with E-state index >= 15 is 0 Å². The van der Waals surface area contributed by atoms with Gasteiger partial charge in [-0.3, -0.25) is 4.79 Å². The lowest BCUT2D eigenvalue weighted by molar-refractivity contribution is -0.124. The van der Waals surface area contributed by atoms with Crippen LogP contribution in [0, 0.1) is 5.92 Å². The topological polar surface area (TPSA) is 56.8 Å². The van der Waals surface area contributed by atoms with Gasteiger partial charge in [0.05, 0.1) is 0 Å². The third kappa shape index (κ3) is 12.6. The predicted octanol–water partition coefficient (Wildman–Crippen LogP) is 5.03. The maximum Gasteiger partial charge on any atom is 0.469 e. The maximum atomic E-state index is 12.0. The van der Waals surface area contributed by atoms with Crippen LogP contribution in [-0.2, 0) is 17.1 Å². The Morgan fingerprint density at radius 1 is 0.846 bits per heavy atom. The molecule has 0 aliphatic carbocycles. The first kappa shape index (κ1) is 26.2. The fraction of sp³-hybridized carbons (Fsp3) is 0.941. The largest absolute Gasteiger partial charge is 0.469 e. The van der Waals surface area contributed by atoms with E-state index in [1.807, 2.05) is 13.8 Å². The molecular weight excluding hydrogens is 395 g/mol. The van der Waals surface area contributed by atoms with E-state index in [2.05, 4.69) is 64.2 Å². The van der Waals surface area contributed by atoms with E-state index in [4.69, 9.17) is 12.3 Å². The van der Waals surface area contributed by atoms with Crippen molar-refractivity contribution in [2.24, 2.45) is 5.92 Å². The highest BCUT2D eigenvalue weighted by molar-refractivity contribution is 6.90. The molecule has 0 aliphatic heterocycles. The lowest BCUT2D eigenvalue weighted by atomic mass is 10.1.